The summed E-state index contributed by atoms with van der Waals surface area (Å²) in [5.74, 6) is -0.118. The summed E-state index contributed by atoms with van der Waals surface area (Å²) in [7, 11) is 0. The molecule has 1 aromatic heterocycles. The molecule has 25 heavy (non-hydrogen) atoms. The van der Waals surface area contributed by atoms with Crippen molar-refractivity contribution in [2.24, 2.45) is 4.99 Å². The van der Waals surface area contributed by atoms with E-state index in [1.54, 1.807) is 28.9 Å². The highest BCUT2D eigenvalue weighted by Crippen LogP contribution is 2.15. The molecule has 0 aliphatic heterocycles. The van der Waals surface area contributed by atoms with Gasteiger partial charge >= 0.3 is 0 Å². The lowest BCUT2D eigenvalue weighted by atomic mass is 10.1. The van der Waals surface area contributed by atoms with Gasteiger partial charge in [-0.3, -0.25) is 4.79 Å². The number of carbonyl (C=O) groups excluding carboxylic acids is 1. The first-order valence-electron chi connectivity index (χ1n) is 7.72. The lowest BCUT2D eigenvalue weighted by molar-refractivity contribution is 0.103. The zero-order chi connectivity index (χ0) is 17.8. The summed E-state index contributed by atoms with van der Waals surface area (Å²) in [5.41, 5.74) is 2.26. The lowest BCUT2D eigenvalue weighted by Crippen LogP contribution is -2.14. The average molecular weight is 370 g/mol. The van der Waals surface area contributed by atoms with Gasteiger partial charge in [-0.2, -0.15) is 5.10 Å². The largest absolute Gasteiger partial charge is 0.286 e. The molecular weight excluding hydrogens is 354 g/mol. The molecular formula is C19H16ClN3OS. The molecule has 2 aromatic carbocycles. The molecule has 0 spiro atoms. The second-order valence-corrected chi connectivity index (χ2v) is 6.71. The van der Waals surface area contributed by atoms with Crippen molar-refractivity contribution in [1.82, 2.24) is 9.78 Å². The summed E-state index contributed by atoms with van der Waals surface area (Å²) < 4.78 is 1.67. The number of carbonyl (C=O) groups is 1. The van der Waals surface area contributed by atoms with E-state index < -0.39 is 0 Å². The summed E-state index contributed by atoms with van der Waals surface area (Å²) in [6.07, 6.45) is 1.91. The zero-order valence-corrected chi connectivity index (χ0v) is 15.4. The van der Waals surface area contributed by atoms with Gasteiger partial charge in [0, 0.05) is 16.3 Å². The standard InChI is InChI=1S/C19H16ClN3OS/c1-3-13(2)21-19-23(16-11-9-15(20)10-12-16)22-18(25-19)17(24)14-7-5-4-6-8-14/h3-12H,1-2H3. The van der Waals surface area contributed by atoms with Crippen molar-refractivity contribution in [3.63, 3.8) is 0 Å². The van der Waals surface area contributed by atoms with Gasteiger partial charge < -0.3 is 0 Å². The Balaban J connectivity index is 2.14. The van der Waals surface area contributed by atoms with Gasteiger partial charge in [0.05, 0.1) is 5.69 Å². The van der Waals surface area contributed by atoms with Crippen LogP contribution in [-0.4, -0.2) is 15.6 Å². The molecule has 4 nitrogen and oxygen atoms in total. The summed E-state index contributed by atoms with van der Waals surface area (Å²) in [5, 5.41) is 5.53. The maximum Gasteiger partial charge on any atom is 0.223 e. The second-order valence-electron chi connectivity index (χ2n) is 5.32. The number of ketones is 1. The smallest absolute Gasteiger partial charge is 0.223 e. The molecule has 6 heteroatoms. The fraction of sp³-hybridized carbons (Fsp3) is 0.105. The monoisotopic (exact) mass is 369 g/mol. The van der Waals surface area contributed by atoms with E-state index >= 15 is 0 Å². The quantitative estimate of drug-likeness (QED) is 0.629. The van der Waals surface area contributed by atoms with Gasteiger partial charge in [-0.1, -0.05) is 59.3 Å². The van der Waals surface area contributed by atoms with Gasteiger partial charge in [-0.05, 0) is 38.1 Å². The number of allylic oxidation sites excluding steroid dienone is 2. The van der Waals surface area contributed by atoms with Gasteiger partial charge in [0.2, 0.25) is 10.6 Å². The number of benzene rings is 2. The maximum atomic E-state index is 12.7. The van der Waals surface area contributed by atoms with E-state index in [0.29, 0.717) is 20.4 Å². The van der Waals surface area contributed by atoms with Crippen molar-refractivity contribution in [1.29, 1.82) is 0 Å². The molecule has 0 N–H and O–H groups in total. The SMILES string of the molecule is CC=C(C)N=c1sc(C(=O)c2ccccc2)nn1-c1ccc(Cl)cc1. The minimum Gasteiger partial charge on any atom is -0.286 e. The van der Waals surface area contributed by atoms with Gasteiger partial charge in [0.25, 0.3) is 0 Å². The minimum atomic E-state index is -0.118. The minimum absolute atomic E-state index is 0.118. The van der Waals surface area contributed by atoms with Crippen LogP contribution < -0.4 is 4.80 Å². The van der Waals surface area contributed by atoms with Crippen LogP contribution in [0.3, 0.4) is 0 Å². The summed E-state index contributed by atoms with van der Waals surface area (Å²) in [6.45, 7) is 3.83. The van der Waals surface area contributed by atoms with Crippen molar-refractivity contribution in [2.45, 2.75) is 13.8 Å². The summed E-state index contributed by atoms with van der Waals surface area (Å²) in [4.78, 5) is 17.9. The topological polar surface area (TPSA) is 47.2 Å². The third-order valence-electron chi connectivity index (χ3n) is 3.55. The van der Waals surface area contributed by atoms with Gasteiger partial charge in [0.15, 0.2) is 5.01 Å². The Bertz CT molecular complexity index is 986. The molecule has 0 aliphatic rings. The van der Waals surface area contributed by atoms with E-state index in [1.165, 1.54) is 11.3 Å². The van der Waals surface area contributed by atoms with Crippen LogP contribution in [0.4, 0.5) is 0 Å². The Morgan fingerprint density at radius 2 is 1.84 bits per heavy atom. The summed E-state index contributed by atoms with van der Waals surface area (Å²) >= 11 is 7.23. The van der Waals surface area contributed by atoms with E-state index in [1.807, 2.05) is 50.3 Å². The van der Waals surface area contributed by atoms with Crippen LogP contribution in [0, 0.1) is 0 Å². The van der Waals surface area contributed by atoms with Crippen LogP contribution in [0.15, 0.2) is 71.4 Å². The molecule has 0 atom stereocenters. The van der Waals surface area contributed by atoms with Crippen LogP contribution in [0.2, 0.25) is 5.02 Å². The molecule has 0 saturated heterocycles. The normalized spacial score (nSPS) is 12.4. The molecule has 0 unspecified atom stereocenters. The van der Waals surface area contributed by atoms with Crippen LogP contribution >= 0.6 is 22.9 Å². The summed E-state index contributed by atoms with van der Waals surface area (Å²) in [6, 6.07) is 16.4. The molecule has 3 rings (SSSR count). The Morgan fingerprint density at radius 1 is 1.16 bits per heavy atom. The van der Waals surface area contributed by atoms with E-state index in [2.05, 4.69) is 10.1 Å². The fourth-order valence-corrected chi connectivity index (χ4v) is 3.18. The highest BCUT2D eigenvalue weighted by molar-refractivity contribution is 7.11. The van der Waals surface area contributed by atoms with E-state index in [-0.39, 0.29) is 5.78 Å². The molecule has 3 aromatic rings. The zero-order valence-electron chi connectivity index (χ0n) is 13.8. The molecule has 0 bridgehead atoms. The number of rotatable bonds is 4. The van der Waals surface area contributed by atoms with Crippen molar-refractivity contribution in [3.05, 3.63) is 86.8 Å². The molecule has 0 saturated carbocycles. The first kappa shape index (κ1) is 17.3. The maximum absolute atomic E-state index is 12.7. The molecule has 0 fully saturated rings. The number of hydrogen-bond donors (Lipinski definition) is 0. The lowest BCUT2D eigenvalue weighted by Gasteiger charge is -2.01. The Kier molecular flexibility index (Phi) is 5.26. The van der Waals surface area contributed by atoms with E-state index in [0.717, 1.165) is 11.4 Å². The van der Waals surface area contributed by atoms with Crippen molar-refractivity contribution in [3.8, 4) is 5.69 Å². The highest BCUT2D eigenvalue weighted by atomic mass is 35.5. The molecule has 0 aliphatic carbocycles. The predicted molar refractivity (Wildman–Crippen MR) is 101 cm³/mol. The number of hydrogen-bond acceptors (Lipinski definition) is 4. The average Bonchev–Trinajstić information content (AvgIpc) is 3.06. The highest BCUT2D eigenvalue weighted by Gasteiger charge is 2.16. The van der Waals surface area contributed by atoms with Crippen molar-refractivity contribution in [2.75, 3.05) is 0 Å². The number of aromatic nitrogens is 2. The Labute approximate surface area is 154 Å². The van der Waals surface area contributed by atoms with Crippen LogP contribution in [0.25, 0.3) is 5.69 Å². The first-order valence-corrected chi connectivity index (χ1v) is 8.91. The van der Waals surface area contributed by atoms with Crippen molar-refractivity contribution < 1.29 is 4.79 Å². The molecule has 0 radical (unpaired) electrons. The molecule has 1 heterocycles. The Morgan fingerprint density at radius 3 is 2.48 bits per heavy atom. The van der Waals surface area contributed by atoms with Crippen LogP contribution in [0.1, 0.15) is 29.2 Å². The Hall–Kier alpha value is -2.50. The third kappa shape index (κ3) is 3.95. The van der Waals surface area contributed by atoms with Crippen molar-refractivity contribution >= 4 is 28.7 Å². The van der Waals surface area contributed by atoms with Gasteiger partial charge in [-0.25, -0.2) is 9.67 Å². The fourth-order valence-electron chi connectivity index (χ4n) is 2.12. The second kappa shape index (κ2) is 7.59. The van der Waals surface area contributed by atoms with Gasteiger partial charge in [0.1, 0.15) is 0 Å². The van der Waals surface area contributed by atoms with E-state index in [4.69, 9.17) is 11.6 Å². The number of halogens is 1. The third-order valence-corrected chi connectivity index (χ3v) is 4.71. The first-order chi connectivity index (χ1) is 12.1. The van der Waals surface area contributed by atoms with Gasteiger partial charge in [-0.15, -0.1) is 0 Å². The van der Waals surface area contributed by atoms with Crippen LogP contribution in [0.5, 0.6) is 0 Å². The number of nitrogens with zero attached hydrogens (tertiary/aromatic N) is 3. The molecule has 0 amide bonds. The molecule has 126 valence electrons. The van der Waals surface area contributed by atoms with E-state index in [9.17, 15) is 4.79 Å². The van der Waals surface area contributed by atoms with Crippen LogP contribution in [-0.2, 0) is 0 Å². The predicted octanol–water partition coefficient (Wildman–Crippen LogP) is 4.64.